The molecule has 2 rings (SSSR count). The standard InChI is InChI=1S/C11H18ClN3O/c1-3-8-10(12)9(15(2)14-8)6-11(16)4-7(13)5-11/h7,16H,3-6,13H2,1-2H3. The molecule has 3 N–H and O–H groups in total. The van der Waals surface area contributed by atoms with Gasteiger partial charge in [-0.1, -0.05) is 18.5 Å². The van der Waals surface area contributed by atoms with E-state index in [1.807, 2.05) is 14.0 Å². The van der Waals surface area contributed by atoms with Crippen LogP contribution in [0.1, 0.15) is 31.2 Å². The molecular weight excluding hydrogens is 226 g/mol. The number of halogens is 1. The van der Waals surface area contributed by atoms with Crippen molar-refractivity contribution < 1.29 is 5.11 Å². The van der Waals surface area contributed by atoms with Crippen molar-refractivity contribution in [2.24, 2.45) is 12.8 Å². The smallest absolute Gasteiger partial charge is 0.0850 e. The molecule has 0 aliphatic heterocycles. The lowest BCUT2D eigenvalue weighted by Crippen LogP contribution is -2.53. The van der Waals surface area contributed by atoms with Gasteiger partial charge in [0.25, 0.3) is 0 Å². The minimum Gasteiger partial charge on any atom is -0.389 e. The molecule has 0 amide bonds. The van der Waals surface area contributed by atoms with Crippen LogP contribution < -0.4 is 5.73 Å². The summed E-state index contributed by atoms with van der Waals surface area (Å²) in [5.41, 5.74) is 6.83. The molecular formula is C11H18ClN3O. The first kappa shape index (κ1) is 11.9. The first-order valence-corrected chi connectivity index (χ1v) is 6.01. The summed E-state index contributed by atoms with van der Waals surface area (Å²) in [6, 6.07) is 0.127. The van der Waals surface area contributed by atoms with Crippen molar-refractivity contribution in [1.29, 1.82) is 0 Å². The predicted octanol–water partition coefficient (Wildman–Crippen LogP) is 1.03. The van der Waals surface area contributed by atoms with Gasteiger partial charge in [-0.25, -0.2) is 0 Å². The highest BCUT2D eigenvalue weighted by Gasteiger charge is 2.41. The molecule has 16 heavy (non-hydrogen) atoms. The minimum atomic E-state index is -0.679. The lowest BCUT2D eigenvalue weighted by molar-refractivity contribution is -0.0468. The van der Waals surface area contributed by atoms with Crippen LogP contribution in [-0.4, -0.2) is 26.5 Å². The number of hydrogen-bond acceptors (Lipinski definition) is 3. The maximum absolute atomic E-state index is 10.2. The fourth-order valence-electron chi connectivity index (χ4n) is 2.38. The van der Waals surface area contributed by atoms with Crippen LogP contribution in [0.5, 0.6) is 0 Å². The molecule has 0 radical (unpaired) electrons. The maximum Gasteiger partial charge on any atom is 0.0850 e. The molecule has 1 heterocycles. The van der Waals surface area contributed by atoms with Crippen molar-refractivity contribution in [2.75, 3.05) is 0 Å². The Labute approximate surface area is 100 Å². The highest BCUT2D eigenvalue weighted by atomic mass is 35.5. The van der Waals surface area contributed by atoms with Gasteiger partial charge in [-0.15, -0.1) is 0 Å². The van der Waals surface area contributed by atoms with Crippen LogP contribution in [0.4, 0.5) is 0 Å². The van der Waals surface area contributed by atoms with Gasteiger partial charge in [-0.05, 0) is 19.3 Å². The molecule has 0 atom stereocenters. The van der Waals surface area contributed by atoms with Gasteiger partial charge in [0, 0.05) is 19.5 Å². The van der Waals surface area contributed by atoms with Gasteiger partial charge < -0.3 is 10.8 Å². The van der Waals surface area contributed by atoms with Crippen LogP contribution in [-0.2, 0) is 19.9 Å². The van der Waals surface area contributed by atoms with Gasteiger partial charge in [-0.3, -0.25) is 4.68 Å². The molecule has 0 bridgehead atoms. The molecule has 0 unspecified atom stereocenters. The highest BCUT2D eigenvalue weighted by Crippen LogP contribution is 2.36. The molecule has 1 fully saturated rings. The Bertz CT molecular complexity index is 396. The third kappa shape index (κ3) is 1.97. The van der Waals surface area contributed by atoms with E-state index in [0.29, 0.717) is 24.3 Å². The Morgan fingerprint density at radius 1 is 1.62 bits per heavy atom. The molecule has 1 aliphatic rings. The second kappa shape index (κ2) is 4.02. The molecule has 0 aromatic carbocycles. The third-order valence-electron chi connectivity index (χ3n) is 3.28. The van der Waals surface area contributed by atoms with Crippen molar-refractivity contribution >= 4 is 11.6 Å². The van der Waals surface area contributed by atoms with Gasteiger partial charge in [-0.2, -0.15) is 5.10 Å². The van der Waals surface area contributed by atoms with Crippen LogP contribution in [0.25, 0.3) is 0 Å². The van der Waals surface area contributed by atoms with Crippen LogP contribution in [0.3, 0.4) is 0 Å². The number of hydrogen-bond donors (Lipinski definition) is 2. The summed E-state index contributed by atoms with van der Waals surface area (Å²) in [4.78, 5) is 0. The monoisotopic (exact) mass is 243 g/mol. The molecule has 0 saturated heterocycles. The van der Waals surface area contributed by atoms with Crippen LogP contribution in [0.2, 0.25) is 5.02 Å². The summed E-state index contributed by atoms with van der Waals surface area (Å²) in [6.07, 6.45) is 2.65. The molecule has 1 aromatic rings. The number of nitrogens with two attached hydrogens (primary N) is 1. The Hall–Kier alpha value is -0.580. The number of aliphatic hydroxyl groups is 1. The largest absolute Gasteiger partial charge is 0.389 e. The second-order valence-electron chi connectivity index (χ2n) is 4.75. The van der Waals surface area contributed by atoms with E-state index in [1.54, 1.807) is 4.68 Å². The molecule has 0 spiro atoms. The first-order chi connectivity index (χ1) is 7.45. The van der Waals surface area contributed by atoms with E-state index in [0.717, 1.165) is 17.8 Å². The van der Waals surface area contributed by atoms with Crippen molar-refractivity contribution in [3.63, 3.8) is 0 Å². The zero-order chi connectivity index (χ0) is 11.9. The molecule has 1 aromatic heterocycles. The SMILES string of the molecule is CCc1nn(C)c(CC2(O)CC(N)C2)c1Cl. The van der Waals surface area contributed by atoms with E-state index >= 15 is 0 Å². The van der Waals surface area contributed by atoms with Gasteiger partial charge in [0.05, 0.1) is 22.0 Å². The zero-order valence-corrected chi connectivity index (χ0v) is 10.5. The lowest BCUT2D eigenvalue weighted by Gasteiger charge is -2.41. The average molecular weight is 244 g/mol. The molecule has 1 saturated carbocycles. The number of nitrogens with zero attached hydrogens (tertiary/aromatic N) is 2. The number of rotatable bonds is 3. The normalized spacial score (nSPS) is 29.2. The number of aromatic nitrogens is 2. The van der Waals surface area contributed by atoms with E-state index in [9.17, 15) is 5.11 Å². The summed E-state index contributed by atoms with van der Waals surface area (Å²) >= 11 is 6.23. The fourth-order valence-corrected chi connectivity index (χ4v) is 2.74. The van der Waals surface area contributed by atoms with Crippen LogP contribution in [0.15, 0.2) is 0 Å². The molecule has 4 nitrogen and oxygen atoms in total. The molecule has 1 aliphatic carbocycles. The second-order valence-corrected chi connectivity index (χ2v) is 5.13. The topological polar surface area (TPSA) is 64.1 Å². The summed E-state index contributed by atoms with van der Waals surface area (Å²) in [5.74, 6) is 0. The van der Waals surface area contributed by atoms with E-state index < -0.39 is 5.60 Å². The summed E-state index contributed by atoms with van der Waals surface area (Å²) in [5, 5.41) is 15.2. The summed E-state index contributed by atoms with van der Waals surface area (Å²) in [6.45, 7) is 2.02. The predicted molar refractivity (Wildman–Crippen MR) is 63.5 cm³/mol. The van der Waals surface area contributed by atoms with E-state index in [1.165, 1.54) is 0 Å². The van der Waals surface area contributed by atoms with Crippen LogP contribution >= 0.6 is 11.6 Å². The quantitative estimate of drug-likeness (QED) is 0.834. The Kier molecular flexibility index (Phi) is 2.99. The van der Waals surface area contributed by atoms with E-state index in [-0.39, 0.29) is 6.04 Å². The minimum absolute atomic E-state index is 0.127. The molecule has 90 valence electrons. The van der Waals surface area contributed by atoms with Crippen molar-refractivity contribution in [3.05, 3.63) is 16.4 Å². The number of aryl methyl sites for hydroxylation is 2. The Morgan fingerprint density at radius 3 is 2.69 bits per heavy atom. The lowest BCUT2D eigenvalue weighted by atomic mass is 9.73. The van der Waals surface area contributed by atoms with Gasteiger partial charge in [0.15, 0.2) is 0 Å². The van der Waals surface area contributed by atoms with E-state index in [2.05, 4.69) is 5.10 Å². The zero-order valence-electron chi connectivity index (χ0n) is 9.70. The third-order valence-corrected chi connectivity index (χ3v) is 3.72. The summed E-state index contributed by atoms with van der Waals surface area (Å²) < 4.78 is 1.77. The van der Waals surface area contributed by atoms with Crippen LogP contribution in [0, 0.1) is 0 Å². The van der Waals surface area contributed by atoms with Crippen molar-refractivity contribution in [2.45, 2.75) is 44.2 Å². The van der Waals surface area contributed by atoms with E-state index in [4.69, 9.17) is 17.3 Å². The van der Waals surface area contributed by atoms with Gasteiger partial charge in [0.2, 0.25) is 0 Å². The maximum atomic E-state index is 10.2. The molecule has 5 heteroatoms. The summed E-state index contributed by atoms with van der Waals surface area (Å²) in [7, 11) is 1.86. The highest BCUT2D eigenvalue weighted by molar-refractivity contribution is 6.31. The first-order valence-electron chi connectivity index (χ1n) is 5.63. The van der Waals surface area contributed by atoms with Gasteiger partial charge in [0.1, 0.15) is 0 Å². The Morgan fingerprint density at radius 2 is 2.25 bits per heavy atom. The van der Waals surface area contributed by atoms with Gasteiger partial charge >= 0.3 is 0 Å². The average Bonchev–Trinajstić information content (AvgIpc) is 2.43. The Balaban J connectivity index is 2.18. The van der Waals surface area contributed by atoms with Crippen molar-refractivity contribution in [3.8, 4) is 0 Å². The van der Waals surface area contributed by atoms with Crippen molar-refractivity contribution in [1.82, 2.24) is 9.78 Å². The fraction of sp³-hybridized carbons (Fsp3) is 0.727.